The normalized spacial score (nSPS) is 11.7. The van der Waals surface area contributed by atoms with Gasteiger partial charge in [0, 0.05) is 18.7 Å². The number of rotatable bonds is 6. The molecule has 0 aliphatic rings. The quantitative estimate of drug-likeness (QED) is 0.509. The van der Waals surface area contributed by atoms with Gasteiger partial charge in [0.1, 0.15) is 6.04 Å². The molecule has 7 nitrogen and oxygen atoms in total. The van der Waals surface area contributed by atoms with Gasteiger partial charge >= 0.3 is 0 Å². The van der Waals surface area contributed by atoms with E-state index >= 15 is 0 Å². The summed E-state index contributed by atoms with van der Waals surface area (Å²) in [6.45, 7) is 3.05. The number of nitrogens with zero attached hydrogens (tertiary/aromatic N) is 1. The molecule has 0 bridgehead atoms. The number of amides is 3. The molecule has 0 aliphatic heterocycles. The molecule has 3 amide bonds. The number of hydrogen-bond donors (Lipinski definition) is 3. The summed E-state index contributed by atoms with van der Waals surface area (Å²) in [4.78, 5) is 33.9. The topological polar surface area (TPSA) is 99.7 Å². The van der Waals surface area contributed by atoms with Crippen molar-refractivity contribution in [2.75, 3.05) is 6.54 Å². The molecule has 1 rings (SSSR count). The van der Waals surface area contributed by atoms with E-state index in [9.17, 15) is 14.4 Å². The fourth-order valence-electron chi connectivity index (χ4n) is 1.45. The second-order valence-electron chi connectivity index (χ2n) is 4.29. The van der Waals surface area contributed by atoms with Crippen LogP contribution in [0.4, 0.5) is 0 Å². The average molecular weight is 290 g/mol. The molecule has 3 N–H and O–H groups in total. The predicted molar refractivity (Wildman–Crippen MR) is 78.7 cm³/mol. The monoisotopic (exact) mass is 290 g/mol. The third-order valence-corrected chi connectivity index (χ3v) is 2.47. The maximum atomic E-state index is 11.7. The summed E-state index contributed by atoms with van der Waals surface area (Å²) in [5.41, 5.74) is 2.82. The van der Waals surface area contributed by atoms with Gasteiger partial charge in [-0.15, -0.1) is 0 Å². The maximum Gasteiger partial charge on any atom is 0.262 e. The highest BCUT2D eigenvalue weighted by molar-refractivity contribution is 5.95. The van der Waals surface area contributed by atoms with Crippen LogP contribution in [-0.2, 0) is 9.59 Å². The van der Waals surface area contributed by atoms with Gasteiger partial charge in [0.25, 0.3) is 11.8 Å². The molecule has 0 radical (unpaired) electrons. The molecule has 1 aromatic carbocycles. The van der Waals surface area contributed by atoms with E-state index in [0.29, 0.717) is 5.56 Å². The van der Waals surface area contributed by atoms with E-state index < -0.39 is 11.9 Å². The van der Waals surface area contributed by atoms with Crippen LogP contribution in [-0.4, -0.2) is 36.5 Å². The van der Waals surface area contributed by atoms with Gasteiger partial charge in [0.05, 0.1) is 6.54 Å². The molecule has 1 atom stereocenters. The third-order valence-electron chi connectivity index (χ3n) is 2.47. The van der Waals surface area contributed by atoms with Crippen LogP contribution in [0.1, 0.15) is 24.2 Å². The highest BCUT2D eigenvalue weighted by Crippen LogP contribution is 1.96. The minimum absolute atomic E-state index is 0.183. The average Bonchev–Trinajstić information content (AvgIpc) is 2.46. The van der Waals surface area contributed by atoms with Crippen LogP contribution in [0.2, 0.25) is 0 Å². The fourth-order valence-corrected chi connectivity index (χ4v) is 1.45. The summed E-state index contributed by atoms with van der Waals surface area (Å²) >= 11 is 0. The van der Waals surface area contributed by atoms with Crippen molar-refractivity contribution in [3.05, 3.63) is 35.9 Å². The van der Waals surface area contributed by atoms with Crippen molar-refractivity contribution in [3.8, 4) is 0 Å². The minimum atomic E-state index is -0.668. The molecule has 0 saturated carbocycles. The van der Waals surface area contributed by atoms with Crippen LogP contribution in [0, 0.1) is 0 Å². The number of carbonyl (C=O) groups excluding carboxylic acids is 3. The lowest BCUT2D eigenvalue weighted by Gasteiger charge is -2.09. The molecule has 0 aliphatic carbocycles. The predicted octanol–water partition coefficient (Wildman–Crippen LogP) is 0.0430. The lowest BCUT2D eigenvalue weighted by atomic mass is 10.2. The zero-order valence-electron chi connectivity index (χ0n) is 11.9. The van der Waals surface area contributed by atoms with Crippen molar-refractivity contribution in [2.24, 2.45) is 5.10 Å². The molecule has 0 fully saturated rings. The number of nitrogens with one attached hydrogen (secondary N) is 3. The summed E-state index contributed by atoms with van der Waals surface area (Å²) in [5.74, 6) is -0.951. The van der Waals surface area contributed by atoms with Crippen LogP contribution in [0.15, 0.2) is 35.4 Å². The first-order chi connectivity index (χ1) is 10.0. The van der Waals surface area contributed by atoms with Gasteiger partial charge < -0.3 is 10.6 Å². The summed E-state index contributed by atoms with van der Waals surface area (Å²) in [6, 6.07) is 8.09. The zero-order valence-corrected chi connectivity index (χ0v) is 11.9. The zero-order chi connectivity index (χ0) is 15.7. The van der Waals surface area contributed by atoms with Crippen molar-refractivity contribution in [2.45, 2.75) is 19.9 Å². The summed E-state index contributed by atoms with van der Waals surface area (Å²) in [7, 11) is 0. The first-order valence-corrected chi connectivity index (χ1v) is 6.42. The maximum absolute atomic E-state index is 11.7. The van der Waals surface area contributed by atoms with E-state index in [-0.39, 0.29) is 18.4 Å². The molecule has 1 aromatic rings. The van der Waals surface area contributed by atoms with Gasteiger partial charge in [-0.2, -0.15) is 5.10 Å². The lowest BCUT2D eigenvalue weighted by Crippen LogP contribution is -2.42. The Morgan fingerprint density at radius 2 is 1.90 bits per heavy atom. The Hall–Kier alpha value is -2.70. The molecule has 0 saturated heterocycles. The first kappa shape index (κ1) is 16.4. The number of carbonyl (C=O) groups is 3. The molecule has 7 heteroatoms. The Bertz CT molecular complexity index is 528. The van der Waals surface area contributed by atoms with Gasteiger partial charge in [0.2, 0.25) is 5.91 Å². The Labute approximate surface area is 122 Å². The molecule has 0 spiro atoms. The Morgan fingerprint density at radius 1 is 1.24 bits per heavy atom. The summed E-state index contributed by atoms with van der Waals surface area (Å²) in [5, 5.41) is 8.73. The van der Waals surface area contributed by atoms with Crippen molar-refractivity contribution in [1.29, 1.82) is 0 Å². The van der Waals surface area contributed by atoms with Crippen molar-refractivity contribution < 1.29 is 14.4 Å². The van der Waals surface area contributed by atoms with Crippen LogP contribution >= 0.6 is 0 Å². The fraction of sp³-hybridized carbons (Fsp3) is 0.286. The van der Waals surface area contributed by atoms with Gasteiger partial charge in [-0.1, -0.05) is 18.2 Å². The summed E-state index contributed by atoms with van der Waals surface area (Å²) in [6.07, 6.45) is 1.36. The smallest absolute Gasteiger partial charge is 0.262 e. The van der Waals surface area contributed by atoms with Crippen LogP contribution in [0.5, 0.6) is 0 Å². The van der Waals surface area contributed by atoms with Gasteiger partial charge in [-0.25, -0.2) is 5.43 Å². The largest absolute Gasteiger partial charge is 0.347 e. The number of hydrazone groups is 1. The molecule has 0 heterocycles. The Balaban J connectivity index is 2.28. The summed E-state index contributed by atoms with van der Waals surface area (Å²) < 4.78 is 0. The highest BCUT2D eigenvalue weighted by atomic mass is 16.2. The second-order valence-corrected chi connectivity index (χ2v) is 4.29. The van der Waals surface area contributed by atoms with E-state index in [4.69, 9.17) is 0 Å². The Morgan fingerprint density at radius 3 is 2.52 bits per heavy atom. The van der Waals surface area contributed by atoms with E-state index in [2.05, 4.69) is 21.2 Å². The van der Waals surface area contributed by atoms with Crippen LogP contribution in [0.25, 0.3) is 0 Å². The standard InChI is InChI=1S/C14H18N4O3/c1-10(17-11(2)19)13(20)18-16-9-8-15-14(21)12-6-4-3-5-7-12/h3-7,9-10H,8H2,1-2H3,(H,15,21)(H,17,19)(H,18,20)/b16-9+/t10-/m0/s1. The lowest BCUT2D eigenvalue weighted by molar-refractivity contribution is -0.127. The van der Waals surface area contributed by atoms with E-state index in [1.165, 1.54) is 13.1 Å². The van der Waals surface area contributed by atoms with E-state index in [0.717, 1.165) is 0 Å². The van der Waals surface area contributed by atoms with Gasteiger partial charge in [-0.3, -0.25) is 14.4 Å². The van der Waals surface area contributed by atoms with E-state index in [1.807, 2.05) is 6.07 Å². The van der Waals surface area contributed by atoms with Crippen LogP contribution < -0.4 is 16.1 Å². The Kier molecular flexibility index (Phi) is 6.59. The van der Waals surface area contributed by atoms with E-state index in [1.54, 1.807) is 31.2 Å². The van der Waals surface area contributed by atoms with Crippen molar-refractivity contribution in [3.63, 3.8) is 0 Å². The number of hydrogen-bond acceptors (Lipinski definition) is 4. The second kappa shape index (κ2) is 8.47. The molecule has 112 valence electrons. The minimum Gasteiger partial charge on any atom is -0.347 e. The van der Waals surface area contributed by atoms with Crippen LogP contribution in [0.3, 0.4) is 0 Å². The molecular weight excluding hydrogens is 272 g/mol. The highest BCUT2D eigenvalue weighted by Gasteiger charge is 2.12. The molecule has 0 aromatic heterocycles. The third kappa shape index (κ3) is 6.33. The SMILES string of the molecule is CC(=O)N[C@@H](C)C(=O)N/N=C/CNC(=O)c1ccccc1. The van der Waals surface area contributed by atoms with Crippen molar-refractivity contribution in [1.82, 2.24) is 16.1 Å². The van der Waals surface area contributed by atoms with Gasteiger partial charge in [0.15, 0.2) is 0 Å². The van der Waals surface area contributed by atoms with Gasteiger partial charge in [-0.05, 0) is 19.1 Å². The molecular formula is C14H18N4O3. The molecule has 0 unspecified atom stereocenters. The number of benzene rings is 1. The van der Waals surface area contributed by atoms with Crippen molar-refractivity contribution >= 4 is 23.9 Å². The molecule has 21 heavy (non-hydrogen) atoms. The first-order valence-electron chi connectivity index (χ1n) is 6.42.